The van der Waals surface area contributed by atoms with E-state index in [0.717, 1.165) is 31.2 Å². The van der Waals surface area contributed by atoms with E-state index in [-0.39, 0.29) is 0 Å². The molecule has 2 aromatic heterocycles. The second-order valence-corrected chi connectivity index (χ2v) is 7.39. The molecule has 0 amide bonds. The van der Waals surface area contributed by atoms with Crippen LogP contribution in [0, 0.1) is 13.8 Å². The molecule has 4 nitrogen and oxygen atoms in total. The first-order valence-corrected chi connectivity index (χ1v) is 9.45. The maximum absolute atomic E-state index is 5.57. The van der Waals surface area contributed by atoms with Gasteiger partial charge in [0.25, 0.3) is 0 Å². The molecule has 1 aromatic carbocycles. The number of methoxy groups -OCH3 is 1. The van der Waals surface area contributed by atoms with Gasteiger partial charge in [-0.1, -0.05) is 23.8 Å². The molecule has 1 fully saturated rings. The van der Waals surface area contributed by atoms with Crippen LogP contribution in [0.2, 0.25) is 0 Å². The number of aromatic nitrogens is 2. The minimum Gasteiger partial charge on any atom is -0.496 e. The number of imidazole rings is 1. The second kappa shape index (κ2) is 7.12. The van der Waals surface area contributed by atoms with Gasteiger partial charge in [-0.25, -0.2) is 4.98 Å². The number of ether oxygens (including phenoxy) is 1. The molecule has 3 heterocycles. The molecule has 0 radical (unpaired) electrons. The van der Waals surface area contributed by atoms with Crippen LogP contribution in [0.15, 0.2) is 42.6 Å². The highest BCUT2D eigenvalue weighted by Crippen LogP contribution is 2.31. The normalized spacial score (nSPS) is 18.3. The number of benzene rings is 1. The summed E-state index contributed by atoms with van der Waals surface area (Å²) in [5.74, 6) is 2.56. The predicted octanol–water partition coefficient (Wildman–Crippen LogP) is 4.34. The number of pyridine rings is 1. The lowest BCUT2D eigenvalue weighted by molar-refractivity contribution is 0.197. The van der Waals surface area contributed by atoms with Crippen LogP contribution in [0.5, 0.6) is 5.75 Å². The molecular weight excluding hydrogens is 322 g/mol. The number of rotatable bonds is 4. The first-order valence-electron chi connectivity index (χ1n) is 9.45. The summed E-state index contributed by atoms with van der Waals surface area (Å²) in [6, 6.07) is 12.8. The average molecular weight is 349 g/mol. The quantitative estimate of drug-likeness (QED) is 0.702. The maximum atomic E-state index is 5.57. The van der Waals surface area contributed by atoms with Crippen molar-refractivity contribution in [3.8, 4) is 5.75 Å². The van der Waals surface area contributed by atoms with Crippen molar-refractivity contribution in [2.45, 2.75) is 39.2 Å². The Balaban J connectivity index is 1.57. The fourth-order valence-corrected chi connectivity index (χ4v) is 4.21. The molecule has 4 rings (SSSR count). The van der Waals surface area contributed by atoms with Crippen molar-refractivity contribution < 1.29 is 4.74 Å². The molecule has 1 aliphatic heterocycles. The average Bonchev–Trinajstić information content (AvgIpc) is 2.99. The minimum atomic E-state index is 0.491. The molecule has 26 heavy (non-hydrogen) atoms. The summed E-state index contributed by atoms with van der Waals surface area (Å²) in [6.07, 6.45) is 4.53. The molecule has 0 spiro atoms. The summed E-state index contributed by atoms with van der Waals surface area (Å²) < 4.78 is 7.78. The highest BCUT2D eigenvalue weighted by atomic mass is 16.5. The molecular formula is C22H27N3O. The molecule has 1 aliphatic rings. The topological polar surface area (TPSA) is 29.8 Å². The van der Waals surface area contributed by atoms with Gasteiger partial charge in [0.15, 0.2) is 0 Å². The Kier molecular flexibility index (Phi) is 4.68. The fraction of sp³-hybridized carbons (Fsp3) is 0.409. The first kappa shape index (κ1) is 17.1. The summed E-state index contributed by atoms with van der Waals surface area (Å²) >= 11 is 0. The Labute approximate surface area is 155 Å². The van der Waals surface area contributed by atoms with Crippen LogP contribution in [0.4, 0.5) is 0 Å². The third kappa shape index (κ3) is 3.21. The van der Waals surface area contributed by atoms with Crippen molar-refractivity contribution in [1.82, 2.24) is 14.3 Å². The van der Waals surface area contributed by atoms with Crippen molar-refractivity contribution in [1.29, 1.82) is 0 Å². The zero-order chi connectivity index (χ0) is 18.1. The van der Waals surface area contributed by atoms with Crippen LogP contribution in [-0.2, 0) is 6.54 Å². The van der Waals surface area contributed by atoms with E-state index in [0.29, 0.717) is 5.92 Å². The maximum Gasteiger partial charge on any atom is 0.123 e. The molecule has 0 N–H and O–H groups in total. The van der Waals surface area contributed by atoms with Crippen LogP contribution in [0.3, 0.4) is 0 Å². The summed E-state index contributed by atoms with van der Waals surface area (Å²) in [5, 5.41) is 0. The van der Waals surface area contributed by atoms with Crippen LogP contribution >= 0.6 is 0 Å². The number of hydrogen-bond acceptors (Lipinski definition) is 3. The van der Waals surface area contributed by atoms with E-state index in [1.54, 1.807) is 7.11 Å². The van der Waals surface area contributed by atoms with Crippen LogP contribution in [0.25, 0.3) is 5.52 Å². The molecule has 0 unspecified atom stereocenters. The Morgan fingerprint density at radius 3 is 2.92 bits per heavy atom. The lowest BCUT2D eigenvalue weighted by Crippen LogP contribution is -2.34. The minimum absolute atomic E-state index is 0.491. The van der Waals surface area contributed by atoms with Gasteiger partial charge in [0.2, 0.25) is 0 Å². The lowest BCUT2D eigenvalue weighted by atomic mass is 9.93. The lowest BCUT2D eigenvalue weighted by Gasteiger charge is -2.32. The zero-order valence-electron chi connectivity index (χ0n) is 15.9. The van der Waals surface area contributed by atoms with E-state index in [4.69, 9.17) is 9.72 Å². The number of fused-ring (bicyclic) bond motifs is 1. The van der Waals surface area contributed by atoms with Crippen LogP contribution in [0.1, 0.15) is 41.4 Å². The first-order chi connectivity index (χ1) is 12.7. The summed E-state index contributed by atoms with van der Waals surface area (Å²) in [5.41, 5.74) is 5.07. The Morgan fingerprint density at radius 1 is 1.19 bits per heavy atom. The van der Waals surface area contributed by atoms with E-state index in [1.165, 1.54) is 35.2 Å². The van der Waals surface area contributed by atoms with Gasteiger partial charge in [0.05, 0.1) is 18.3 Å². The third-order valence-corrected chi connectivity index (χ3v) is 5.48. The number of aryl methyl sites for hydroxylation is 2. The molecule has 136 valence electrons. The van der Waals surface area contributed by atoms with E-state index in [2.05, 4.69) is 65.7 Å². The van der Waals surface area contributed by atoms with Crippen LogP contribution < -0.4 is 4.74 Å². The second-order valence-electron chi connectivity index (χ2n) is 7.39. The van der Waals surface area contributed by atoms with Gasteiger partial charge in [-0.15, -0.1) is 0 Å². The molecule has 4 heteroatoms. The number of piperidine rings is 1. The SMILES string of the molecule is COc1ccc(C)cc1CN1CCC[C@H](c2nc(C)n3ccccc23)C1. The number of hydrogen-bond donors (Lipinski definition) is 0. The Morgan fingerprint density at radius 2 is 2.08 bits per heavy atom. The van der Waals surface area contributed by atoms with Crippen LogP contribution in [-0.4, -0.2) is 34.5 Å². The summed E-state index contributed by atoms with van der Waals surface area (Å²) in [4.78, 5) is 7.46. The van der Waals surface area contributed by atoms with Gasteiger partial charge in [-0.05, 0) is 51.4 Å². The summed E-state index contributed by atoms with van der Waals surface area (Å²) in [7, 11) is 1.76. The molecule has 1 atom stereocenters. The number of nitrogens with zero attached hydrogens (tertiary/aromatic N) is 3. The highest BCUT2D eigenvalue weighted by molar-refractivity contribution is 5.54. The summed E-state index contributed by atoms with van der Waals surface area (Å²) in [6.45, 7) is 7.36. The van der Waals surface area contributed by atoms with Crippen molar-refractivity contribution in [3.05, 3.63) is 65.2 Å². The Bertz CT molecular complexity index is 915. The monoisotopic (exact) mass is 349 g/mol. The number of likely N-dealkylation sites (tertiary alicyclic amines) is 1. The highest BCUT2D eigenvalue weighted by Gasteiger charge is 2.25. The van der Waals surface area contributed by atoms with Gasteiger partial charge >= 0.3 is 0 Å². The van der Waals surface area contributed by atoms with Gasteiger partial charge in [0, 0.05) is 30.8 Å². The molecule has 0 saturated carbocycles. The van der Waals surface area contributed by atoms with Crippen molar-refractivity contribution in [2.75, 3.05) is 20.2 Å². The van der Waals surface area contributed by atoms with E-state index < -0.39 is 0 Å². The van der Waals surface area contributed by atoms with Gasteiger partial charge in [-0.2, -0.15) is 0 Å². The van der Waals surface area contributed by atoms with Gasteiger partial charge in [-0.3, -0.25) is 4.90 Å². The molecule has 0 bridgehead atoms. The van der Waals surface area contributed by atoms with Crippen molar-refractivity contribution >= 4 is 5.52 Å². The van der Waals surface area contributed by atoms with E-state index in [1.807, 2.05) is 0 Å². The van der Waals surface area contributed by atoms with E-state index >= 15 is 0 Å². The Hall–Kier alpha value is -2.33. The smallest absolute Gasteiger partial charge is 0.123 e. The van der Waals surface area contributed by atoms with E-state index in [9.17, 15) is 0 Å². The van der Waals surface area contributed by atoms with Gasteiger partial charge < -0.3 is 9.14 Å². The molecule has 1 saturated heterocycles. The van der Waals surface area contributed by atoms with Crippen molar-refractivity contribution in [2.24, 2.45) is 0 Å². The standard InChI is InChI=1S/C22H27N3O/c1-16-9-10-21(26-3)19(13-16)15-24-11-6-7-18(14-24)22-20-8-4-5-12-25(20)17(2)23-22/h4-5,8-10,12-13,18H,6-7,11,14-15H2,1-3H3/t18-/m0/s1. The zero-order valence-corrected chi connectivity index (χ0v) is 15.9. The molecule has 3 aromatic rings. The largest absolute Gasteiger partial charge is 0.496 e. The van der Waals surface area contributed by atoms with Crippen molar-refractivity contribution in [3.63, 3.8) is 0 Å². The van der Waals surface area contributed by atoms with Gasteiger partial charge in [0.1, 0.15) is 11.6 Å². The third-order valence-electron chi connectivity index (χ3n) is 5.48. The molecule has 0 aliphatic carbocycles. The fourth-order valence-electron chi connectivity index (χ4n) is 4.21. The predicted molar refractivity (Wildman–Crippen MR) is 105 cm³/mol.